The maximum Gasteiger partial charge on any atom is 0.240 e. The lowest BCUT2D eigenvalue weighted by Crippen LogP contribution is -2.33. The van der Waals surface area contributed by atoms with Gasteiger partial charge in [-0.2, -0.15) is 11.8 Å². The summed E-state index contributed by atoms with van der Waals surface area (Å²) in [7, 11) is -1.58. The fourth-order valence-corrected chi connectivity index (χ4v) is 3.80. The molecular weight excluding hydrogens is 292 g/mol. The van der Waals surface area contributed by atoms with Gasteiger partial charge in [-0.15, -0.1) is 0 Å². The van der Waals surface area contributed by atoms with Gasteiger partial charge in [-0.25, -0.2) is 13.1 Å². The lowest BCUT2D eigenvalue weighted by molar-refractivity contribution is 0.557. The molecular formula is C14H24N2O2S2. The predicted molar refractivity (Wildman–Crippen MR) is 86.7 cm³/mol. The Labute approximate surface area is 126 Å². The van der Waals surface area contributed by atoms with E-state index in [1.165, 1.54) is 0 Å². The van der Waals surface area contributed by atoms with Gasteiger partial charge in [0.15, 0.2) is 0 Å². The molecule has 0 aliphatic heterocycles. The Morgan fingerprint density at radius 3 is 2.65 bits per heavy atom. The maximum atomic E-state index is 12.3. The normalized spacial score (nSPS) is 13.4. The molecule has 6 heteroatoms. The summed E-state index contributed by atoms with van der Waals surface area (Å²) in [4.78, 5) is 0.337. The molecule has 0 bridgehead atoms. The molecule has 0 saturated heterocycles. The first-order chi connectivity index (χ1) is 9.40. The van der Waals surface area contributed by atoms with Gasteiger partial charge in [-0.1, -0.05) is 6.07 Å². The van der Waals surface area contributed by atoms with Crippen molar-refractivity contribution in [1.29, 1.82) is 0 Å². The van der Waals surface area contributed by atoms with Gasteiger partial charge in [0.05, 0.1) is 4.90 Å². The van der Waals surface area contributed by atoms with Gasteiger partial charge in [0.25, 0.3) is 0 Å². The summed E-state index contributed by atoms with van der Waals surface area (Å²) in [5, 5.41) is 3.05. The minimum atomic E-state index is -3.43. The van der Waals surface area contributed by atoms with E-state index in [1.54, 1.807) is 23.9 Å². The monoisotopic (exact) mass is 316 g/mol. The Morgan fingerprint density at radius 1 is 1.35 bits per heavy atom. The molecule has 2 N–H and O–H groups in total. The third-order valence-corrected chi connectivity index (χ3v) is 5.34. The smallest absolute Gasteiger partial charge is 0.240 e. The summed E-state index contributed by atoms with van der Waals surface area (Å²) < 4.78 is 27.4. The van der Waals surface area contributed by atoms with Crippen molar-refractivity contribution in [2.75, 3.05) is 19.1 Å². The van der Waals surface area contributed by atoms with Crippen LogP contribution in [0.3, 0.4) is 0 Å². The summed E-state index contributed by atoms with van der Waals surface area (Å²) in [6, 6.07) is 5.21. The van der Waals surface area contributed by atoms with Gasteiger partial charge in [-0.3, -0.25) is 0 Å². The average Bonchev–Trinajstić information content (AvgIpc) is 2.38. The van der Waals surface area contributed by atoms with Crippen molar-refractivity contribution in [3.63, 3.8) is 0 Å². The second-order valence-corrected chi connectivity index (χ2v) is 7.62. The van der Waals surface area contributed by atoms with Crippen molar-refractivity contribution in [2.45, 2.75) is 37.8 Å². The molecule has 1 aromatic rings. The molecule has 0 aliphatic carbocycles. The average molecular weight is 316 g/mol. The molecule has 1 rings (SSSR count). The van der Waals surface area contributed by atoms with Gasteiger partial charge in [0, 0.05) is 12.6 Å². The van der Waals surface area contributed by atoms with Gasteiger partial charge < -0.3 is 5.32 Å². The van der Waals surface area contributed by atoms with E-state index >= 15 is 0 Å². The van der Waals surface area contributed by atoms with Gasteiger partial charge in [0.2, 0.25) is 10.0 Å². The number of hydrogen-bond donors (Lipinski definition) is 2. The van der Waals surface area contributed by atoms with Crippen molar-refractivity contribution < 1.29 is 8.42 Å². The van der Waals surface area contributed by atoms with Gasteiger partial charge >= 0.3 is 0 Å². The first-order valence-electron chi connectivity index (χ1n) is 6.66. The van der Waals surface area contributed by atoms with E-state index in [2.05, 4.69) is 10.0 Å². The minimum absolute atomic E-state index is 0.0542. The molecule has 0 saturated carbocycles. The fraction of sp³-hybridized carbons (Fsp3) is 0.571. The van der Waals surface area contributed by atoms with Crippen LogP contribution in [0.1, 0.15) is 24.5 Å². The molecule has 0 aliphatic rings. The lowest BCUT2D eigenvalue weighted by atomic mass is 10.1. The van der Waals surface area contributed by atoms with E-state index in [0.717, 1.165) is 23.3 Å². The van der Waals surface area contributed by atoms with Crippen LogP contribution in [0.15, 0.2) is 23.1 Å². The van der Waals surface area contributed by atoms with Crippen LogP contribution in [0.25, 0.3) is 0 Å². The molecule has 0 aromatic heterocycles. The number of aryl methyl sites for hydroxylation is 1. The van der Waals surface area contributed by atoms with Crippen LogP contribution in [0, 0.1) is 6.92 Å². The number of rotatable bonds is 8. The fourth-order valence-electron chi connectivity index (χ4n) is 1.88. The minimum Gasteiger partial charge on any atom is -0.316 e. The van der Waals surface area contributed by atoms with Crippen molar-refractivity contribution in [3.05, 3.63) is 29.3 Å². The van der Waals surface area contributed by atoms with Crippen molar-refractivity contribution in [1.82, 2.24) is 10.0 Å². The third kappa shape index (κ3) is 5.09. The number of benzene rings is 1. The SMILES string of the molecule is CNCc1cc(S(=O)(=O)NC(C)CCSC)ccc1C. The molecule has 114 valence electrons. The van der Waals surface area contributed by atoms with Crippen molar-refractivity contribution >= 4 is 21.8 Å². The van der Waals surface area contributed by atoms with E-state index in [-0.39, 0.29) is 6.04 Å². The summed E-state index contributed by atoms with van der Waals surface area (Å²) in [6.45, 7) is 4.55. The van der Waals surface area contributed by atoms with Gasteiger partial charge in [0.1, 0.15) is 0 Å². The molecule has 1 atom stereocenters. The standard InChI is InChI=1S/C14H24N2O2S2/c1-11-5-6-14(9-13(11)10-15-3)20(17,18)16-12(2)7-8-19-4/h5-6,9,12,15-16H,7-8,10H2,1-4H3. The largest absolute Gasteiger partial charge is 0.316 e. The highest BCUT2D eigenvalue weighted by atomic mass is 32.2. The van der Waals surface area contributed by atoms with Gasteiger partial charge in [-0.05, 0) is 62.6 Å². The molecule has 4 nitrogen and oxygen atoms in total. The van der Waals surface area contributed by atoms with E-state index in [4.69, 9.17) is 0 Å². The van der Waals surface area contributed by atoms with Crippen LogP contribution < -0.4 is 10.0 Å². The number of thioether (sulfide) groups is 1. The summed E-state index contributed by atoms with van der Waals surface area (Å²) in [5.74, 6) is 0.947. The second kappa shape index (κ2) is 8.02. The van der Waals surface area contributed by atoms with Crippen molar-refractivity contribution in [2.24, 2.45) is 0 Å². The molecule has 0 heterocycles. The number of nitrogens with one attached hydrogen (secondary N) is 2. The zero-order valence-electron chi connectivity index (χ0n) is 12.6. The topological polar surface area (TPSA) is 58.2 Å². The Hall–Kier alpha value is -0.560. The number of sulfonamides is 1. The molecule has 1 aromatic carbocycles. The Bertz CT molecular complexity index is 530. The Kier molecular flexibility index (Phi) is 7.02. The van der Waals surface area contributed by atoms with Crippen LogP contribution in [-0.4, -0.2) is 33.5 Å². The maximum absolute atomic E-state index is 12.3. The molecule has 0 spiro atoms. The van der Waals surface area contributed by atoms with E-state index in [1.807, 2.05) is 33.2 Å². The highest BCUT2D eigenvalue weighted by molar-refractivity contribution is 7.98. The van der Waals surface area contributed by atoms with Crippen LogP contribution in [0.5, 0.6) is 0 Å². The van der Waals surface area contributed by atoms with E-state index in [0.29, 0.717) is 11.4 Å². The molecule has 0 radical (unpaired) electrons. The second-order valence-electron chi connectivity index (χ2n) is 4.92. The van der Waals surface area contributed by atoms with E-state index in [9.17, 15) is 8.42 Å². The lowest BCUT2D eigenvalue weighted by Gasteiger charge is -2.15. The van der Waals surface area contributed by atoms with Crippen LogP contribution >= 0.6 is 11.8 Å². The molecule has 0 amide bonds. The Morgan fingerprint density at radius 2 is 2.05 bits per heavy atom. The molecule has 1 unspecified atom stereocenters. The first-order valence-corrected chi connectivity index (χ1v) is 9.53. The highest BCUT2D eigenvalue weighted by Crippen LogP contribution is 2.16. The summed E-state index contributed by atoms with van der Waals surface area (Å²) >= 11 is 1.72. The van der Waals surface area contributed by atoms with Crippen LogP contribution in [0.2, 0.25) is 0 Å². The first kappa shape index (κ1) is 17.5. The zero-order chi connectivity index (χ0) is 15.2. The molecule has 20 heavy (non-hydrogen) atoms. The Balaban J connectivity index is 2.89. The molecule has 0 fully saturated rings. The third-order valence-electron chi connectivity index (χ3n) is 3.11. The highest BCUT2D eigenvalue weighted by Gasteiger charge is 2.18. The quantitative estimate of drug-likeness (QED) is 0.771. The zero-order valence-corrected chi connectivity index (χ0v) is 14.2. The van der Waals surface area contributed by atoms with Crippen LogP contribution in [-0.2, 0) is 16.6 Å². The predicted octanol–water partition coefficient (Wildman–Crippen LogP) is 2.13. The van der Waals surface area contributed by atoms with Crippen LogP contribution in [0.4, 0.5) is 0 Å². The van der Waals surface area contributed by atoms with E-state index < -0.39 is 10.0 Å². The summed E-state index contributed by atoms with van der Waals surface area (Å²) in [5.41, 5.74) is 2.10. The summed E-state index contributed by atoms with van der Waals surface area (Å²) in [6.07, 6.45) is 2.85. The number of hydrogen-bond acceptors (Lipinski definition) is 4. The van der Waals surface area contributed by atoms with Crippen molar-refractivity contribution in [3.8, 4) is 0 Å².